The van der Waals surface area contributed by atoms with E-state index in [0.717, 1.165) is 38.9 Å². The maximum atomic E-state index is 14.0. The van der Waals surface area contributed by atoms with E-state index in [1.807, 2.05) is 0 Å². The molecule has 0 unspecified atom stereocenters. The molecule has 0 saturated carbocycles. The Hall–Kier alpha value is -1.33. The molecule has 0 bridgehead atoms. The summed E-state index contributed by atoms with van der Waals surface area (Å²) in [6.45, 7) is 5.82. The first-order valence-corrected chi connectivity index (χ1v) is 7.66. The van der Waals surface area contributed by atoms with E-state index in [-0.39, 0.29) is 11.4 Å². The van der Waals surface area contributed by atoms with Crippen LogP contribution in [0.4, 0.5) is 10.1 Å². The number of benzene rings is 1. The predicted octanol–water partition coefficient (Wildman–Crippen LogP) is 2.45. The summed E-state index contributed by atoms with van der Waals surface area (Å²) in [5.41, 5.74) is 6.24. The van der Waals surface area contributed by atoms with Crippen LogP contribution in [0.5, 0.6) is 5.75 Å². The van der Waals surface area contributed by atoms with Crippen molar-refractivity contribution in [3.05, 3.63) is 24.0 Å². The van der Waals surface area contributed by atoms with Gasteiger partial charge in [0.25, 0.3) is 0 Å². The quantitative estimate of drug-likeness (QED) is 0.846. The van der Waals surface area contributed by atoms with Crippen molar-refractivity contribution < 1.29 is 9.13 Å². The van der Waals surface area contributed by atoms with Gasteiger partial charge >= 0.3 is 0 Å². The van der Waals surface area contributed by atoms with Crippen LogP contribution < -0.4 is 15.8 Å². The topological polar surface area (TPSA) is 50.5 Å². The van der Waals surface area contributed by atoms with Gasteiger partial charge in [0.05, 0.1) is 18.3 Å². The Morgan fingerprint density at radius 2 is 2.10 bits per heavy atom. The number of hydrogen-bond donors (Lipinski definition) is 2. The minimum Gasteiger partial charge on any atom is -0.497 e. The molecule has 1 heterocycles. The second-order valence-electron chi connectivity index (χ2n) is 5.80. The van der Waals surface area contributed by atoms with Gasteiger partial charge < -0.3 is 20.7 Å². The van der Waals surface area contributed by atoms with Gasteiger partial charge in [0.2, 0.25) is 0 Å². The highest BCUT2D eigenvalue weighted by Crippen LogP contribution is 2.29. The van der Waals surface area contributed by atoms with E-state index in [4.69, 9.17) is 10.5 Å². The Labute approximate surface area is 126 Å². The van der Waals surface area contributed by atoms with Crippen molar-refractivity contribution in [3.8, 4) is 5.75 Å². The van der Waals surface area contributed by atoms with Gasteiger partial charge in [-0.3, -0.25) is 0 Å². The predicted molar refractivity (Wildman–Crippen MR) is 84.3 cm³/mol. The third kappa shape index (κ3) is 3.86. The fourth-order valence-electron chi connectivity index (χ4n) is 2.91. The van der Waals surface area contributed by atoms with E-state index in [9.17, 15) is 4.39 Å². The Morgan fingerprint density at radius 1 is 1.38 bits per heavy atom. The summed E-state index contributed by atoms with van der Waals surface area (Å²) < 4.78 is 19.2. The Morgan fingerprint density at radius 3 is 2.67 bits per heavy atom. The van der Waals surface area contributed by atoms with Gasteiger partial charge in [-0.2, -0.15) is 0 Å². The number of anilines is 1. The zero-order valence-electron chi connectivity index (χ0n) is 13.0. The number of likely N-dealkylation sites (tertiary alicyclic amines) is 1. The summed E-state index contributed by atoms with van der Waals surface area (Å²) in [4.78, 5) is 2.44. The molecular weight excluding hydrogens is 269 g/mol. The lowest BCUT2D eigenvalue weighted by molar-refractivity contribution is 0.176. The maximum absolute atomic E-state index is 14.0. The summed E-state index contributed by atoms with van der Waals surface area (Å²) in [5.74, 6) is 0.383. The second kappa shape index (κ2) is 7.09. The molecule has 1 fully saturated rings. The average molecular weight is 295 g/mol. The molecule has 1 saturated heterocycles. The minimum atomic E-state index is -0.264. The standard InChI is InChI=1S/C16H26FN3O/c1-3-8-20-9-6-16(12-18,7-10-20)19-15-11-13(21-2)4-5-14(15)17/h4-5,11,19H,3,6-10,12,18H2,1-2H3. The van der Waals surface area contributed by atoms with Crippen molar-refractivity contribution in [2.24, 2.45) is 5.73 Å². The number of hydrogen-bond acceptors (Lipinski definition) is 4. The van der Waals surface area contributed by atoms with Gasteiger partial charge in [-0.25, -0.2) is 4.39 Å². The van der Waals surface area contributed by atoms with Gasteiger partial charge in [0.1, 0.15) is 11.6 Å². The first-order chi connectivity index (χ1) is 10.1. The van der Waals surface area contributed by atoms with E-state index in [1.165, 1.54) is 6.07 Å². The van der Waals surface area contributed by atoms with E-state index in [1.54, 1.807) is 19.2 Å². The molecular formula is C16H26FN3O. The average Bonchev–Trinajstić information content (AvgIpc) is 2.52. The van der Waals surface area contributed by atoms with Gasteiger partial charge in [-0.15, -0.1) is 0 Å². The first-order valence-electron chi connectivity index (χ1n) is 7.66. The molecule has 0 radical (unpaired) electrons. The van der Waals surface area contributed by atoms with Crippen LogP contribution in [0, 0.1) is 5.82 Å². The van der Waals surface area contributed by atoms with Crippen LogP contribution in [0.15, 0.2) is 18.2 Å². The van der Waals surface area contributed by atoms with Crippen LogP contribution in [0.3, 0.4) is 0 Å². The molecule has 2 rings (SSSR count). The van der Waals surface area contributed by atoms with Gasteiger partial charge in [0.15, 0.2) is 0 Å². The van der Waals surface area contributed by atoms with E-state index in [2.05, 4.69) is 17.1 Å². The Bertz CT molecular complexity index is 459. The highest BCUT2D eigenvalue weighted by molar-refractivity contribution is 5.51. The maximum Gasteiger partial charge on any atom is 0.146 e. The van der Waals surface area contributed by atoms with Crippen LogP contribution in [0.2, 0.25) is 0 Å². The van der Waals surface area contributed by atoms with Crippen LogP contribution in [-0.4, -0.2) is 43.7 Å². The number of nitrogens with two attached hydrogens (primary N) is 1. The minimum absolute atomic E-state index is 0.225. The van der Waals surface area contributed by atoms with E-state index < -0.39 is 0 Å². The number of rotatable bonds is 6. The van der Waals surface area contributed by atoms with E-state index in [0.29, 0.717) is 18.0 Å². The first kappa shape index (κ1) is 16.0. The summed E-state index contributed by atoms with van der Waals surface area (Å²) in [7, 11) is 1.58. The van der Waals surface area contributed by atoms with Gasteiger partial charge in [-0.05, 0) is 37.9 Å². The van der Waals surface area contributed by atoms with Gasteiger partial charge in [0, 0.05) is 25.7 Å². The van der Waals surface area contributed by atoms with Gasteiger partial charge in [-0.1, -0.05) is 6.92 Å². The summed E-state index contributed by atoms with van der Waals surface area (Å²) in [5, 5.41) is 3.34. The molecule has 0 spiro atoms. The van der Waals surface area contributed by atoms with Crippen molar-refractivity contribution in [3.63, 3.8) is 0 Å². The number of piperidine rings is 1. The van der Waals surface area contributed by atoms with Crippen molar-refractivity contribution in [2.75, 3.05) is 38.6 Å². The monoisotopic (exact) mass is 295 g/mol. The number of nitrogens with zero attached hydrogens (tertiary/aromatic N) is 1. The van der Waals surface area contributed by atoms with Crippen LogP contribution in [0.1, 0.15) is 26.2 Å². The lowest BCUT2D eigenvalue weighted by Crippen LogP contribution is -2.53. The summed E-state index contributed by atoms with van der Waals surface area (Å²) in [6, 6.07) is 4.75. The molecule has 0 aliphatic carbocycles. The summed E-state index contributed by atoms with van der Waals surface area (Å²) >= 11 is 0. The summed E-state index contributed by atoms with van der Waals surface area (Å²) in [6.07, 6.45) is 3.02. The second-order valence-corrected chi connectivity index (χ2v) is 5.80. The van der Waals surface area contributed by atoms with Crippen molar-refractivity contribution >= 4 is 5.69 Å². The molecule has 5 heteroatoms. The molecule has 1 aromatic rings. The highest BCUT2D eigenvalue weighted by Gasteiger charge is 2.33. The van der Waals surface area contributed by atoms with E-state index >= 15 is 0 Å². The molecule has 1 aliphatic heterocycles. The zero-order chi connectivity index (χ0) is 15.3. The molecule has 3 N–H and O–H groups in total. The lowest BCUT2D eigenvalue weighted by atomic mass is 9.87. The molecule has 21 heavy (non-hydrogen) atoms. The molecule has 0 aromatic heterocycles. The smallest absolute Gasteiger partial charge is 0.146 e. The number of methoxy groups -OCH3 is 1. The highest BCUT2D eigenvalue weighted by atomic mass is 19.1. The van der Waals surface area contributed by atoms with Crippen molar-refractivity contribution in [1.82, 2.24) is 4.90 Å². The molecule has 1 aromatic carbocycles. The van der Waals surface area contributed by atoms with Crippen molar-refractivity contribution in [2.45, 2.75) is 31.7 Å². The number of nitrogens with one attached hydrogen (secondary N) is 1. The lowest BCUT2D eigenvalue weighted by Gasteiger charge is -2.42. The largest absolute Gasteiger partial charge is 0.497 e. The van der Waals surface area contributed by atoms with Crippen LogP contribution in [-0.2, 0) is 0 Å². The third-order valence-electron chi connectivity index (χ3n) is 4.32. The molecule has 0 amide bonds. The molecule has 4 nitrogen and oxygen atoms in total. The normalized spacial score (nSPS) is 18.5. The fourth-order valence-corrected chi connectivity index (χ4v) is 2.91. The SMILES string of the molecule is CCCN1CCC(CN)(Nc2cc(OC)ccc2F)CC1. The number of ether oxygens (including phenoxy) is 1. The third-order valence-corrected chi connectivity index (χ3v) is 4.32. The zero-order valence-corrected chi connectivity index (χ0v) is 13.0. The molecule has 1 aliphatic rings. The Kier molecular flexibility index (Phi) is 5.42. The fraction of sp³-hybridized carbons (Fsp3) is 0.625. The Balaban J connectivity index is 2.09. The van der Waals surface area contributed by atoms with Crippen LogP contribution in [0.25, 0.3) is 0 Å². The van der Waals surface area contributed by atoms with Crippen molar-refractivity contribution in [1.29, 1.82) is 0 Å². The number of halogens is 1. The molecule has 118 valence electrons. The molecule has 0 atom stereocenters. The van der Waals surface area contributed by atoms with Crippen LogP contribution >= 0.6 is 0 Å².